The molecule has 0 saturated carbocycles. The van der Waals surface area contributed by atoms with Crippen LogP contribution in [0.3, 0.4) is 0 Å². The van der Waals surface area contributed by atoms with Crippen LogP contribution in [0.25, 0.3) is 0 Å². The summed E-state index contributed by atoms with van der Waals surface area (Å²) >= 11 is 0. The predicted octanol–water partition coefficient (Wildman–Crippen LogP) is -0.221. The first-order valence-corrected chi connectivity index (χ1v) is 6.50. The summed E-state index contributed by atoms with van der Waals surface area (Å²) in [6.07, 6.45) is 3.36. The Bertz CT molecular complexity index is 290. The molecule has 1 aliphatic heterocycles. The van der Waals surface area contributed by atoms with Crippen LogP contribution in [-0.4, -0.2) is 53.6 Å². The second-order valence-corrected chi connectivity index (χ2v) is 4.90. The topological polar surface area (TPSA) is 95.7 Å². The van der Waals surface area contributed by atoms with Crippen molar-refractivity contribution in [3.05, 3.63) is 0 Å². The molecule has 104 valence electrons. The van der Waals surface area contributed by atoms with Crippen molar-refractivity contribution < 1.29 is 14.7 Å². The van der Waals surface area contributed by atoms with Gasteiger partial charge in [0.05, 0.1) is 12.5 Å². The Morgan fingerprint density at radius 1 is 1.33 bits per heavy atom. The molecule has 1 aliphatic rings. The molecule has 0 aromatic rings. The summed E-state index contributed by atoms with van der Waals surface area (Å²) in [5, 5.41) is 11.3. The summed E-state index contributed by atoms with van der Waals surface area (Å²) in [7, 11) is 0. The molecule has 1 saturated heterocycles. The maximum atomic E-state index is 11.5. The number of hydrogen-bond acceptors (Lipinski definition) is 4. The third-order valence-electron chi connectivity index (χ3n) is 3.32. The average molecular weight is 257 g/mol. The summed E-state index contributed by atoms with van der Waals surface area (Å²) in [6, 6.07) is -0.692. The molecule has 1 fully saturated rings. The van der Waals surface area contributed by atoms with Crippen LogP contribution in [0.15, 0.2) is 0 Å². The minimum atomic E-state index is -1.05. The van der Waals surface area contributed by atoms with Crippen molar-refractivity contribution in [1.82, 2.24) is 10.2 Å². The van der Waals surface area contributed by atoms with Gasteiger partial charge in [-0.2, -0.15) is 0 Å². The van der Waals surface area contributed by atoms with E-state index in [2.05, 4.69) is 17.1 Å². The number of hydrogen-bond donors (Lipinski definition) is 3. The Labute approximate surface area is 108 Å². The van der Waals surface area contributed by atoms with Crippen molar-refractivity contribution in [3.8, 4) is 0 Å². The fraction of sp³-hybridized carbons (Fsp3) is 0.833. The molecule has 18 heavy (non-hydrogen) atoms. The highest BCUT2D eigenvalue weighted by atomic mass is 16.4. The number of amides is 1. The highest BCUT2D eigenvalue weighted by molar-refractivity contribution is 5.85. The minimum Gasteiger partial charge on any atom is -0.481 e. The van der Waals surface area contributed by atoms with E-state index < -0.39 is 12.0 Å². The Morgan fingerprint density at radius 2 is 1.94 bits per heavy atom. The molecule has 2 unspecified atom stereocenters. The number of nitrogens with zero attached hydrogens (tertiary/aromatic N) is 1. The van der Waals surface area contributed by atoms with Crippen LogP contribution >= 0.6 is 0 Å². The van der Waals surface area contributed by atoms with Crippen LogP contribution < -0.4 is 11.1 Å². The van der Waals surface area contributed by atoms with Gasteiger partial charge in [0.1, 0.15) is 0 Å². The highest BCUT2D eigenvalue weighted by Crippen LogP contribution is 2.11. The first-order chi connectivity index (χ1) is 8.50. The molecule has 0 radical (unpaired) electrons. The van der Waals surface area contributed by atoms with Gasteiger partial charge in [0.15, 0.2) is 0 Å². The Hall–Kier alpha value is -1.14. The van der Waals surface area contributed by atoms with Crippen molar-refractivity contribution in [2.75, 3.05) is 19.6 Å². The largest absolute Gasteiger partial charge is 0.481 e. The lowest BCUT2D eigenvalue weighted by molar-refractivity contribution is -0.139. The van der Waals surface area contributed by atoms with E-state index in [1.54, 1.807) is 0 Å². The maximum Gasteiger partial charge on any atom is 0.305 e. The lowest BCUT2D eigenvalue weighted by Crippen LogP contribution is -2.48. The van der Waals surface area contributed by atoms with Gasteiger partial charge in [-0.25, -0.2) is 0 Å². The van der Waals surface area contributed by atoms with E-state index in [4.69, 9.17) is 10.8 Å². The predicted molar refractivity (Wildman–Crippen MR) is 68.1 cm³/mol. The second-order valence-electron chi connectivity index (χ2n) is 4.90. The van der Waals surface area contributed by atoms with E-state index in [1.807, 2.05) is 0 Å². The third kappa shape index (κ3) is 5.01. The number of nitrogens with one attached hydrogen (secondary N) is 1. The van der Waals surface area contributed by atoms with Gasteiger partial charge in [-0.15, -0.1) is 0 Å². The lowest BCUT2D eigenvalue weighted by Gasteiger charge is -2.32. The summed E-state index contributed by atoms with van der Waals surface area (Å²) in [5.74, 6) is -1.44. The second kappa shape index (κ2) is 7.33. The zero-order valence-corrected chi connectivity index (χ0v) is 10.9. The zero-order chi connectivity index (χ0) is 13.5. The SMILES string of the molecule is CC(CNC(=O)C(N)CC(=O)O)N1CCCCC1. The number of rotatable bonds is 6. The fourth-order valence-electron chi connectivity index (χ4n) is 2.15. The van der Waals surface area contributed by atoms with Crippen molar-refractivity contribution in [1.29, 1.82) is 0 Å². The van der Waals surface area contributed by atoms with E-state index >= 15 is 0 Å². The van der Waals surface area contributed by atoms with Crippen LogP contribution in [0.5, 0.6) is 0 Å². The van der Waals surface area contributed by atoms with Gasteiger partial charge < -0.3 is 16.2 Å². The molecule has 2 atom stereocenters. The van der Waals surface area contributed by atoms with Crippen molar-refractivity contribution in [3.63, 3.8) is 0 Å². The number of piperidine rings is 1. The van der Waals surface area contributed by atoms with Crippen molar-refractivity contribution >= 4 is 11.9 Å². The van der Waals surface area contributed by atoms with E-state index in [-0.39, 0.29) is 18.4 Å². The van der Waals surface area contributed by atoms with Gasteiger partial charge in [0.2, 0.25) is 5.91 Å². The summed E-state index contributed by atoms with van der Waals surface area (Å²) in [5.41, 5.74) is 5.48. The Balaban J connectivity index is 2.26. The number of aliphatic carboxylic acids is 1. The Kier molecular flexibility index (Phi) is 6.07. The van der Waals surface area contributed by atoms with E-state index in [0.717, 1.165) is 13.1 Å². The molecule has 6 heteroatoms. The van der Waals surface area contributed by atoms with Crippen LogP contribution in [-0.2, 0) is 9.59 Å². The van der Waals surface area contributed by atoms with Gasteiger partial charge in [0, 0.05) is 12.6 Å². The van der Waals surface area contributed by atoms with E-state index in [1.165, 1.54) is 19.3 Å². The quantitative estimate of drug-likeness (QED) is 0.611. The highest BCUT2D eigenvalue weighted by Gasteiger charge is 2.20. The van der Waals surface area contributed by atoms with Crippen LogP contribution in [0.2, 0.25) is 0 Å². The molecule has 0 aromatic heterocycles. The average Bonchev–Trinajstić information content (AvgIpc) is 2.35. The monoisotopic (exact) mass is 257 g/mol. The number of carbonyl (C=O) groups excluding carboxylic acids is 1. The number of carbonyl (C=O) groups is 2. The number of carboxylic acids is 1. The fourth-order valence-corrected chi connectivity index (χ4v) is 2.15. The molecule has 1 rings (SSSR count). The number of nitrogens with two attached hydrogens (primary N) is 1. The van der Waals surface area contributed by atoms with Crippen molar-refractivity contribution in [2.24, 2.45) is 5.73 Å². The molecule has 0 aromatic carbocycles. The van der Waals surface area contributed by atoms with Crippen LogP contribution in [0.1, 0.15) is 32.6 Å². The van der Waals surface area contributed by atoms with E-state index in [9.17, 15) is 9.59 Å². The van der Waals surface area contributed by atoms with Gasteiger partial charge >= 0.3 is 5.97 Å². The van der Waals surface area contributed by atoms with E-state index in [0.29, 0.717) is 6.54 Å². The third-order valence-corrected chi connectivity index (χ3v) is 3.32. The number of likely N-dealkylation sites (tertiary alicyclic amines) is 1. The zero-order valence-electron chi connectivity index (χ0n) is 10.9. The van der Waals surface area contributed by atoms with Crippen LogP contribution in [0.4, 0.5) is 0 Å². The van der Waals surface area contributed by atoms with Gasteiger partial charge in [0.25, 0.3) is 0 Å². The van der Waals surface area contributed by atoms with Crippen LogP contribution in [0, 0.1) is 0 Å². The summed E-state index contributed by atoms with van der Waals surface area (Å²) in [4.78, 5) is 24.3. The standard InChI is InChI=1S/C12H23N3O3/c1-9(15-5-3-2-4-6-15)8-14-12(18)10(13)7-11(16)17/h9-10H,2-8,13H2,1H3,(H,14,18)(H,16,17). The minimum absolute atomic E-state index is 0.270. The Morgan fingerprint density at radius 3 is 2.50 bits per heavy atom. The molecular weight excluding hydrogens is 234 g/mol. The summed E-state index contributed by atoms with van der Waals surface area (Å²) in [6.45, 7) is 4.72. The first-order valence-electron chi connectivity index (χ1n) is 6.50. The molecule has 4 N–H and O–H groups in total. The molecule has 6 nitrogen and oxygen atoms in total. The molecule has 0 aliphatic carbocycles. The molecule has 1 amide bonds. The first kappa shape index (κ1) is 14.9. The van der Waals surface area contributed by atoms with Crippen molar-refractivity contribution in [2.45, 2.75) is 44.7 Å². The molecule has 0 spiro atoms. The number of carboxylic acid groups (broad SMARTS) is 1. The van der Waals surface area contributed by atoms with Gasteiger partial charge in [-0.1, -0.05) is 6.42 Å². The normalized spacial score (nSPS) is 20.1. The van der Waals surface area contributed by atoms with Gasteiger partial charge in [-0.05, 0) is 32.9 Å². The molecular formula is C12H23N3O3. The molecule has 1 heterocycles. The summed E-state index contributed by atoms with van der Waals surface area (Å²) < 4.78 is 0. The lowest BCUT2D eigenvalue weighted by atomic mass is 10.1. The smallest absolute Gasteiger partial charge is 0.305 e. The van der Waals surface area contributed by atoms with Gasteiger partial charge in [-0.3, -0.25) is 14.5 Å². The maximum absolute atomic E-state index is 11.5. The molecule has 0 bridgehead atoms.